The Morgan fingerprint density at radius 2 is 1.85 bits per heavy atom. The minimum atomic E-state index is -0.662. The number of nitrogens with one attached hydrogen (secondary N) is 1. The molecule has 3 aromatic heterocycles. The largest absolute Gasteiger partial charge is 0.481 e. The molecule has 0 aliphatic carbocycles. The van der Waals surface area contributed by atoms with E-state index in [9.17, 15) is 9.59 Å². The van der Waals surface area contributed by atoms with E-state index in [4.69, 9.17) is 19.9 Å². The van der Waals surface area contributed by atoms with E-state index in [0.29, 0.717) is 23.0 Å². The van der Waals surface area contributed by atoms with Crippen molar-refractivity contribution in [1.82, 2.24) is 15.0 Å². The van der Waals surface area contributed by atoms with Crippen LogP contribution in [-0.4, -0.2) is 41.7 Å². The van der Waals surface area contributed by atoms with Crippen molar-refractivity contribution in [1.29, 1.82) is 0 Å². The second-order valence-corrected chi connectivity index (χ2v) is 5.14. The zero-order chi connectivity index (χ0) is 19.8. The van der Waals surface area contributed by atoms with Gasteiger partial charge < -0.3 is 24.9 Å². The van der Waals surface area contributed by atoms with Gasteiger partial charge >= 0.3 is 5.97 Å². The van der Waals surface area contributed by atoms with Gasteiger partial charge in [0.25, 0.3) is 0 Å². The maximum Gasteiger partial charge on any atom is 0.343 e. The van der Waals surface area contributed by atoms with Crippen molar-refractivity contribution in [2.45, 2.75) is 6.92 Å². The maximum atomic E-state index is 12.1. The van der Waals surface area contributed by atoms with E-state index in [1.54, 1.807) is 44.5 Å². The van der Waals surface area contributed by atoms with Crippen LogP contribution in [0.5, 0.6) is 11.8 Å². The summed E-state index contributed by atoms with van der Waals surface area (Å²) in [5.74, 6) is 0.239. The number of aromatic amines is 1. The van der Waals surface area contributed by atoms with Crippen LogP contribution < -0.4 is 20.6 Å². The van der Waals surface area contributed by atoms with Crippen molar-refractivity contribution in [3.63, 3.8) is 0 Å². The molecule has 0 atom stereocenters. The van der Waals surface area contributed by atoms with Crippen LogP contribution in [0.25, 0.3) is 11.0 Å². The summed E-state index contributed by atoms with van der Waals surface area (Å²) < 4.78 is 14.5. The Hall–Kier alpha value is -3.62. The zero-order valence-electron chi connectivity index (χ0n) is 15.2. The van der Waals surface area contributed by atoms with Gasteiger partial charge in [-0.05, 0) is 19.1 Å². The van der Waals surface area contributed by atoms with Crippen LogP contribution in [-0.2, 0) is 4.74 Å². The molecule has 0 fully saturated rings. The summed E-state index contributed by atoms with van der Waals surface area (Å²) in [6.07, 6.45) is 2.88. The number of esters is 1. The number of nitrogen functional groups attached to an aromatic ring is 1. The highest BCUT2D eigenvalue weighted by atomic mass is 16.5. The first-order chi connectivity index (χ1) is 13.0. The lowest BCUT2D eigenvalue weighted by Crippen LogP contribution is -2.19. The molecule has 3 aromatic rings. The molecule has 9 nitrogen and oxygen atoms in total. The van der Waals surface area contributed by atoms with E-state index < -0.39 is 11.4 Å². The lowest BCUT2D eigenvalue weighted by atomic mass is 10.2. The number of hydrogen-bond acceptors (Lipinski definition) is 8. The molecule has 0 aromatic carbocycles. The first-order valence-corrected chi connectivity index (χ1v) is 7.99. The summed E-state index contributed by atoms with van der Waals surface area (Å²) in [4.78, 5) is 34.3. The van der Waals surface area contributed by atoms with Gasteiger partial charge in [-0.2, -0.15) is 0 Å². The number of carbonyl (C=O) groups is 1. The van der Waals surface area contributed by atoms with Crippen LogP contribution >= 0.6 is 0 Å². The van der Waals surface area contributed by atoms with E-state index in [-0.39, 0.29) is 17.7 Å². The normalized spacial score (nSPS) is 9.89. The lowest BCUT2D eigenvalue weighted by molar-refractivity contribution is 0.0524. The van der Waals surface area contributed by atoms with Gasteiger partial charge in [-0.25, -0.2) is 14.8 Å². The average molecular weight is 372 g/mol. The maximum absolute atomic E-state index is 12.1. The molecule has 3 rings (SSSR count). The monoisotopic (exact) mass is 372 g/mol. The van der Waals surface area contributed by atoms with Crippen LogP contribution in [0.1, 0.15) is 17.3 Å². The second kappa shape index (κ2) is 9.18. The van der Waals surface area contributed by atoms with Crippen LogP contribution in [0, 0.1) is 0 Å². The van der Waals surface area contributed by atoms with Crippen LogP contribution in [0.3, 0.4) is 0 Å². The summed E-state index contributed by atoms with van der Waals surface area (Å²) in [5, 5.41) is 0. The summed E-state index contributed by atoms with van der Waals surface area (Å²) in [5.41, 5.74) is 6.16. The van der Waals surface area contributed by atoms with Gasteiger partial charge in [0.1, 0.15) is 11.1 Å². The van der Waals surface area contributed by atoms with Gasteiger partial charge in [0.15, 0.2) is 0 Å². The molecule has 0 saturated heterocycles. The number of carbonyl (C=O) groups excluding carboxylic acids is 1. The van der Waals surface area contributed by atoms with E-state index in [1.165, 1.54) is 13.3 Å². The molecular weight excluding hydrogens is 352 g/mol. The molecule has 0 saturated carbocycles. The Labute approximate surface area is 155 Å². The van der Waals surface area contributed by atoms with Crippen molar-refractivity contribution < 1.29 is 19.0 Å². The molecular formula is C18H20N4O5. The number of rotatable bonds is 4. The summed E-state index contributed by atoms with van der Waals surface area (Å²) in [7, 11) is 3.02. The zero-order valence-corrected chi connectivity index (χ0v) is 15.2. The Kier molecular flexibility index (Phi) is 6.70. The molecule has 27 heavy (non-hydrogen) atoms. The molecule has 0 bridgehead atoms. The van der Waals surface area contributed by atoms with Gasteiger partial charge in [-0.15, -0.1) is 0 Å². The van der Waals surface area contributed by atoms with Crippen molar-refractivity contribution in [2.24, 2.45) is 0 Å². The minimum absolute atomic E-state index is 0.0647. The molecule has 0 amide bonds. The number of aromatic nitrogens is 3. The van der Waals surface area contributed by atoms with E-state index in [0.717, 1.165) is 0 Å². The number of anilines is 1. The fraction of sp³-hybridized carbons (Fsp3) is 0.222. The Balaban J connectivity index is 0.000000244. The minimum Gasteiger partial charge on any atom is -0.481 e. The molecule has 3 heterocycles. The quantitative estimate of drug-likeness (QED) is 0.663. The third-order valence-electron chi connectivity index (χ3n) is 3.37. The van der Waals surface area contributed by atoms with Gasteiger partial charge in [-0.3, -0.25) is 4.79 Å². The highest BCUT2D eigenvalue weighted by Gasteiger charge is 2.15. The molecule has 0 aliphatic rings. The van der Waals surface area contributed by atoms with E-state index >= 15 is 0 Å². The summed E-state index contributed by atoms with van der Waals surface area (Å²) in [6, 6.07) is 6.75. The predicted octanol–water partition coefficient (Wildman–Crippen LogP) is 1.78. The third-order valence-corrected chi connectivity index (χ3v) is 3.37. The molecule has 0 radical (unpaired) electrons. The third kappa shape index (κ3) is 4.94. The lowest BCUT2D eigenvalue weighted by Gasteiger charge is -2.04. The van der Waals surface area contributed by atoms with Crippen LogP contribution in [0.4, 0.5) is 5.69 Å². The first-order valence-electron chi connectivity index (χ1n) is 7.99. The van der Waals surface area contributed by atoms with E-state index in [1.807, 2.05) is 0 Å². The second-order valence-electron chi connectivity index (χ2n) is 5.14. The number of methoxy groups -OCH3 is 2. The number of fused-ring (bicyclic) bond motifs is 1. The Morgan fingerprint density at radius 3 is 2.44 bits per heavy atom. The van der Waals surface area contributed by atoms with Gasteiger partial charge in [0.05, 0.1) is 38.2 Å². The van der Waals surface area contributed by atoms with Crippen LogP contribution in [0.15, 0.2) is 41.5 Å². The number of ether oxygens (including phenoxy) is 3. The standard InChI is InChI=1S/C12H12N2O4.C6H8N2O/c1-3-18-12(16)7-6-13-8-4-5-9(17-2)14-10(8)11(7)15;1-9-6-3-2-5(7)4-8-6/h4-6H,3H2,1-2H3,(H,13,15);2-4H,7H2,1H3. The van der Waals surface area contributed by atoms with Gasteiger partial charge in [-0.1, -0.05) is 0 Å². The number of nitrogens with zero attached hydrogens (tertiary/aromatic N) is 2. The van der Waals surface area contributed by atoms with Crippen molar-refractivity contribution >= 4 is 22.7 Å². The topological polar surface area (TPSA) is 129 Å². The SMILES string of the molecule is CCOC(=O)c1c[nH]c2ccc(OC)nc2c1=O.COc1ccc(N)cn1. The molecule has 0 spiro atoms. The van der Waals surface area contributed by atoms with E-state index in [2.05, 4.69) is 15.0 Å². The smallest absolute Gasteiger partial charge is 0.343 e. The molecule has 3 N–H and O–H groups in total. The van der Waals surface area contributed by atoms with Gasteiger partial charge in [0.2, 0.25) is 17.2 Å². The number of nitrogens with two attached hydrogens (primary N) is 1. The first kappa shape index (κ1) is 19.7. The number of pyridine rings is 3. The average Bonchev–Trinajstić information content (AvgIpc) is 2.69. The van der Waals surface area contributed by atoms with Crippen molar-refractivity contribution in [2.75, 3.05) is 26.6 Å². The Bertz CT molecular complexity index is 970. The fourth-order valence-electron chi connectivity index (χ4n) is 2.06. The van der Waals surface area contributed by atoms with Gasteiger partial charge in [0, 0.05) is 18.3 Å². The van der Waals surface area contributed by atoms with Crippen molar-refractivity contribution in [3.05, 3.63) is 52.4 Å². The van der Waals surface area contributed by atoms with Crippen molar-refractivity contribution in [3.8, 4) is 11.8 Å². The highest BCUT2D eigenvalue weighted by molar-refractivity contribution is 5.92. The predicted molar refractivity (Wildman–Crippen MR) is 100 cm³/mol. The fourth-order valence-corrected chi connectivity index (χ4v) is 2.06. The molecule has 0 unspecified atom stereocenters. The van der Waals surface area contributed by atoms with Crippen LogP contribution in [0.2, 0.25) is 0 Å². The number of H-pyrrole nitrogens is 1. The summed E-state index contributed by atoms with van der Waals surface area (Å²) in [6.45, 7) is 1.89. The molecule has 0 aliphatic heterocycles. The Morgan fingerprint density at radius 1 is 1.15 bits per heavy atom. The summed E-state index contributed by atoms with van der Waals surface area (Å²) >= 11 is 0. The highest BCUT2D eigenvalue weighted by Crippen LogP contribution is 2.12. The molecule has 142 valence electrons. The number of hydrogen-bond donors (Lipinski definition) is 2. The molecule has 9 heteroatoms.